The average molecular weight is 473 g/mol. The van der Waals surface area contributed by atoms with Crippen LogP contribution in [0, 0.1) is 25.2 Å². The van der Waals surface area contributed by atoms with Crippen molar-refractivity contribution in [1.82, 2.24) is 19.3 Å². The maximum atomic E-state index is 12.9. The summed E-state index contributed by atoms with van der Waals surface area (Å²) in [6.45, 7) is 4.25. The van der Waals surface area contributed by atoms with Crippen molar-refractivity contribution in [3.05, 3.63) is 77.1 Å². The number of nitriles is 1. The number of para-hydroxylation sites is 1. The molecule has 1 saturated carbocycles. The fourth-order valence-electron chi connectivity index (χ4n) is 3.92. The van der Waals surface area contributed by atoms with Gasteiger partial charge in [-0.05, 0) is 56.5 Å². The molecule has 0 atom stereocenters. The van der Waals surface area contributed by atoms with E-state index in [2.05, 4.69) is 16.5 Å². The van der Waals surface area contributed by atoms with Crippen LogP contribution in [0.15, 0.2) is 58.3 Å². The van der Waals surface area contributed by atoms with E-state index in [0.717, 1.165) is 41.4 Å². The van der Waals surface area contributed by atoms with E-state index < -0.39 is 0 Å². The third-order valence-corrected chi connectivity index (χ3v) is 6.82. The maximum absolute atomic E-state index is 12.9. The number of nitrogens with zero attached hydrogens (tertiary/aromatic N) is 5. The van der Waals surface area contributed by atoms with Crippen LogP contribution in [0.4, 0.5) is 5.82 Å². The van der Waals surface area contributed by atoms with E-state index in [0.29, 0.717) is 29.0 Å². The Morgan fingerprint density at radius 1 is 1.24 bits per heavy atom. The molecule has 1 aromatic carbocycles. The number of aromatic nitrogens is 4. The Hall–Kier alpha value is -3.77. The number of carbonyl (C=O) groups is 1. The van der Waals surface area contributed by atoms with Crippen molar-refractivity contribution in [2.75, 3.05) is 11.1 Å². The number of benzene rings is 1. The molecule has 1 aliphatic carbocycles. The summed E-state index contributed by atoms with van der Waals surface area (Å²) in [5.74, 6) is 2.52. The van der Waals surface area contributed by atoms with Crippen molar-refractivity contribution in [2.24, 2.45) is 0 Å². The quantitative estimate of drug-likeness (QED) is 0.369. The van der Waals surface area contributed by atoms with Gasteiger partial charge in [0.1, 0.15) is 23.5 Å². The number of rotatable bonds is 8. The van der Waals surface area contributed by atoms with E-state index in [1.807, 2.05) is 65.6 Å². The molecule has 34 heavy (non-hydrogen) atoms. The minimum atomic E-state index is -0.219. The Labute approximate surface area is 201 Å². The van der Waals surface area contributed by atoms with Gasteiger partial charge < -0.3 is 14.3 Å². The van der Waals surface area contributed by atoms with Crippen molar-refractivity contribution in [2.45, 2.75) is 44.3 Å². The fraction of sp³-hybridized carbons (Fsp3) is 0.280. The monoisotopic (exact) mass is 472 g/mol. The van der Waals surface area contributed by atoms with Crippen molar-refractivity contribution in [3.63, 3.8) is 0 Å². The molecular weight excluding hydrogens is 448 g/mol. The van der Waals surface area contributed by atoms with Crippen LogP contribution in [-0.2, 0) is 11.3 Å². The fourth-order valence-corrected chi connectivity index (χ4v) is 4.55. The highest BCUT2D eigenvalue weighted by molar-refractivity contribution is 7.99. The topological polar surface area (TPSA) is 102 Å². The average Bonchev–Trinajstić information content (AvgIpc) is 3.31. The Balaban J connectivity index is 1.33. The summed E-state index contributed by atoms with van der Waals surface area (Å²) in [7, 11) is 0. The lowest BCUT2D eigenvalue weighted by molar-refractivity contribution is -0.113. The number of thioether (sulfide) groups is 1. The van der Waals surface area contributed by atoms with Gasteiger partial charge in [-0.25, -0.2) is 9.67 Å². The Morgan fingerprint density at radius 3 is 2.71 bits per heavy atom. The molecule has 172 valence electrons. The van der Waals surface area contributed by atoms with Crippen molar-refractivity contribution in [1.29, 1.82) is 5.26 Å². The van der Waals surface area contributed by atoms with E-state index in [4.69, 9.17) is 9.40 Å². The van der Waals surface area contributed by atoms with Gasteiger partial charge in [0.25, 0.3) is 0 Å². The minimum Gasteiger partial charge on any atom is -0.467 e. The Morgan fingerprint density at radius 2 is 2.03 bits per heavy atom. The highest BCUT2D eigenvalue weighted by atomic mass is 32.2. The molecule has 1 amide bonds. The van der Waals surface area contributed by atoms with Gasteiger partial charge in [0.05, 0.1) is 29.8 Å². The lowest BCUT2D eigenvalue weighted by Crippen LogP contribution is -2.18. The first-order valence-electron chi connectivity index (χ1n) is 11.1. The number of nitrogens with one attached hydrogen (secondary N) is 1. The van der Waals surface area contributed by atoms with E-state index in [1.165, 1.54) is 11.8 Å². The summed E-state index contributed by atoms with van der Waals surface area (Å²) in [4.78, 5) is 17.6. The normalized spacial score (nSPS) is 13.1. The number of amides is 1. The molecule has 0 spiro atoms. The van der Waals surface area contributed by atoms with Gasteiger partial charge in [0.2, 0.25) is 11.1 Å². The highest BCUT2D eigenvalue weighted by Crippen LogP contribution is 2.40. The molecule has 0 unspecified atom stereocenters. The first-order chi connectivity index (χ1) is 16.5. The second-order valence-corrected chi connectivity index (χ2v) is 9.26. The van der Waals surface area contributed by atoms with Gasteiger partial charge >= 0.3 is 0 Å². The lowest BCUT2D eigenvalue weighted by atomic mass is 10.2. The molecule has 4 aromatic rings. The molecule has 0 radical (unpaired) electrons. The van der Waals surface area contributed by atoms with Crippen molar-refractivity contribution >= 4 is 23.5 Å². The van der Waals surface area contributed by atoms with Crippen LogP contribution < -0.4 is 5.32 Å². The van der Waals surface area contributed by atoms with Crippen LogP contribution in [0.5, 0.6) is 0 Å². The molecule has 3 heterocycles. The molecule has 9 heteroatoms. The number of furan rings is 1. The van der Waals surface area contributed by atoms with Crippen LogP contribution in [-0.4, -0.2) is 31.0 Å². The van der Waals surface area contributed by atoms with Gasteiger partial charge in [-0.15, -0.1) is 5.10 Å². The molecule has 1 N–H and O–H groups in total. The first kappa shape index (κ1) is 22.0. The van der Waals surface area contributed by atoms with Crippen LogP contribution in [0.1, 0.15) is 47.2 Å². The summed E-state index contributed by atoms with van der Waals surface area (Å²) >= 11 is 1.29. The van der Waals surface area contributed by atoms with Crippen molar-refractivity contribution < 1.29 is 9.21 Å². The summed E-state index contributed by atoms with van der Waals surface area (Å²) in [5.41, 5.74) is 3.18. The molecule has 1 aliphatic rings. The van der Waals surface area contributed by atoms with Gasteiger partial charge in [-0.2, -0.15) is 5.26 Å². The zero-order valence-corrected chi connectivity index (χ0v) is 19.8. The molecule has 0 bridgehead atoms. The van der Waals surface area contributed by atoms with E-state index in [-0.39, 0.29) is 11.7 Å². The summed E-state index contributed by atoms with van der Waals surface area (Å²) < 4.78 is 9.26. The molecule has 0 aliphatic heterocycles. The second kappa shape index (κ2) is 9.23. The lowest BCUT2D eigenvalue weighted by Gasteiger charge is -2.11. The van der Waals surface area contributed by atoms with Crippen LogP contribution in [0.2, 0.25) is 0 Å². The van der Waals surface area contributed by atoms with Gasteiger partial charge in [0, 0.05) is 11.6 Å². The SMILES string of the molecule is Cc1c(C#N)c(NC(=O)CSc2nc(C3CC3)n(-c3ccccc3)n2)n(Cc2ccco2)c1C. The van der Waals surface area contributed by atoms with Crippen LogP contribution in [0.25, 0.3) is 5.69 Å². The predicted molar refractivity (Wildman–Crippen MR) is 129 cm³/mol. The Bertz CT molecular complexity index is 1360. The summed E-state index contributed by atoms with van der Waals surface area (Å²) in [6.07, 6.45) is 3.83. The molecule has 8 nitrogen and oxygen atoms in total. The molecular formula is C25H24N6O2S. The van der Waals surface area contributed by atoms with E-state index in [9.17, 15) is 10.1 Å². The van der Waals surface area contributed by atoms with Crippen LogP contribution in [0.3, 0.4) is 0 Å². The number of anilines is 1. The molecule has 3 aromatic heterocycles. The summed E-state index contributed by atoms with van der Waals surface area (Å²) in [5, 5.41) is 17.9. The molecule has 5 rings (SSSR count). The second-order valence-electron chi connectivity index (χ2n) is 8.32. The molecule has 1 fully saturated rings. The maximum Gasteiger partial charge on any atom is 0.235 e. The standard InChI is InChI=1S/C25H24N6O2S/c1-16-17(2)30(14-20-9-6-12-33-20)24(21(16)13-26)27-22(32)15-34-25-28-23(18-10-11-18)31(29-25)19-7-4-3-5-8-19/h3-9,12,18H,10-11,14-15H2,1-2H3,(H,27,32). The largest absolute Gasteiger partial charge is 0.467 e. The van der Waals surface area contributed by atoms with Gasteiger partial charge in [-0.3, -0.25) is 4.79 Å². The number of hydrogen-bond donors (Lipinski definition) is 1. The zero-order chi connectivity index (χ0) is 23.7. The van der Waals surface area contributed by atoms with Crippen LogP contribution >= 0.6 is 11.8 Å². The smallest absolute Gasteiger partial charge is 0.235 e. The van der Waals surface area contributed by atoms with Crippen molar-refractivity contribution in [3.8, 4) is 11.8 Å². The van der Waals surface area contributed by atoms with Gasteiger partial charge in [-0.1, -0.05) is 30.0 Å². The van der Waals surface area contributed by atoms with E-state index in [1.54, 1.807) is 6.26 Å². The zero-order valence-electron chi connectivity index (χ0n) is 19.0. The minimum absolute atomic E-state index is 0.137. The van der Waals surface area contributed by atoms with Gasteiger partial charge in [0.15, 0.2) is 0 Å². The third kappa shape index (κ3) is 4.37. The summed E-state index contributed by atoms with van der Waals surface area (Å²) in [6, 6.07) is 15.8. The highest BCUT2D eigenvalue weighted by Gasteiger charge is 2.30. The third-order valence-electron chi connectivity index (χ3n) is 5.98. The first-order valence-corrected chi connectivity index (χ1v) is 12.1. The molecule has 0 saturated heterocycles. The van der Waals surface area contributed by atoms with E-state index >= 15 is 0 Å². The number of hydrogen-bond acceptors (Lipinski definition) is 6. The predicted octanol–water partition coefficient (Wildman–Crippen LogP) is 4.81. The number of carbonyl (C=O) groups excluding carboxylic acids is 1. The Kier molecular flexibility index (Phi) is 5.99.